The van der Waals surface area contributed by atoms with Gasteiger partial charge in [-0.15, -0.1) is 0 Å². The highest BCUT2D eigenvalue weighted by Crippen LogP contribution is 2.28. The quantitative estimate of drug-likeness (QED) is 0.590. The third-order valence-corrected chi connectivity index (χ3v) is 4.79. The van der Waals surface area contributed by atoms with Crippen molar-refractivity contribution in [1.82, 2.24) is 20.0 Å². The lowest BCUT2D eigenvalue weighted by Crippen LogP contribution is -2.44. The van der Waals surface area contributed by atoms with Crippen molar-refractivity contribution in [3.05, 3.63) is 35.9 Å². The Hall–Kier alpha value is -2.28. The summed E-state index contributed by atoms with van der Waals surface area (Å²) in [7, 11) is 4.00. The number of likely N-dealkylation sites (N-methyl/N-ethyl adjacent to an activating group) is 1. The van der Waals surface area contributed by atoms with Crippen LogP contribution in [0.3, 0.4) is 0 Å². The highest BCUT2D eigenvalue weighted by Gasteiger charge is 2.34. The zero-order chi connectivity index (χ0) is 22.1. The van der Waals surface area contributed by atoms with Gasteiger partial charge in [0.15, 0.2) is 0 Å². The van der Waals surface area contributed by atoms with E-state index < -0.39 is 5.60 Å². The van der Waals surface area contributed by atoms with Crippen LogP contribution in [0.5, 0.6) is 0 Å². The van der Waals surface area contributed by atoms with E-state index in [0.717, 1.165) is 24.9 Å². The van der Waals surface area contributed by atoms with Crippen molar-refractivity contribution >= 4 is 12.1 Å². The number of urea groups is 1. The van der Waals surface area contributed by atoms with Crippen LogP contribution in [0.2, 0.25) is 0 Å². The SMILES string of the molecule is CN(C)CCN(Cc1ccccc1)C(=O)NCCCN(C(=O)OC(C)(C)C)C1CC1. The van der Waals surface area contributed by atoms with Gasteiger partial charge < -0.3 is 24.8 Å². The Kier molecular flexibility index (Phi) is 8.96. The normalized spacial score (nSPS) is 13.8. The smallest absolute Gasteiger partial charge is 0.410 e. The molecule has 2 rings (SSSR count). The molecule has 168 valence electrons. The Bertz CT molecular complexity index is 669. The summed E-state index contributed by atoms with van der Waals surface area (Å²) in [5.74, 6) is 0. The minimum absolute atomic E-state index is 0.0732. The van der Waals surface area contributed by atoms with Crippen LogP contribution >= 0.6 is 0 Å². The summed E-state index contributed by atoms with van der Waals surface area (Å²) in [5, 5.41) is 3.02. The lowest BCUT2D eigenvalue weighted by atomic mass is 10.2. The Balaban J connectivity index is 1.82. The lowest BCUT2D eigenvalue weighted by molar-refractivity contribution is 0.0232. The zero-order valence-electron chi connectivity index (χ0n) is 19.2. The van der Waals surface area contributed by atoms with Crippen molar-refractivity contribution in [2.24, 2.45) is 0 Å². The van der Waals surface area contributed by atoms with Gasteiger partial charge in [-0.25, -0.2) is 9.59 Å². The van der Waals surface area contributed by atoms with Crippen LogP contribution in [0.15, 0.2) is 30.3 Å². The molecule has 1 saturated carbocycles. The number of nitrogens with one attached hydrogen (secondary N) is 1. The minimum atomic E-state index is -0.497. The number of benzene rings is 1. The summed E-state index contributed by atoms with van der Waals surface area (Å²) in [6.45, 7) is 8.79. The molecule has 7 heteroatoms. The van der Waals surface area contributed by atoms with Gasteiger partial charge in [0.1, 0.15) is 5.60 Å². The molecule has 0 radical (unpaired) electrons. The maximum Gasteiger partial charge on any atom is 0.410 e. The number of rotatable bonds is 10. The van der Waals surface area contributed by atoms with Crippen molar-refractivity contribution < 1.29 is 14.3 Å². The van der Waals surface area contributed by atoms with E-state index in [9.17, 15) is 9.59 Å². The second kappa shape index (κ2) is 11.2. The second-order valence-corrected chi connectivity index (χ2v) is 9.20. The largest absolute Gasteiger partial charge is 0.444 e. The maximum absolute atomic E-state index is 12.8. The number of carbonyl (C=O) groups is 2. The van der Waals surface area contributed by atoms with E-state index in [0.29, 0.717) is 32.6 Å². The summed E-state index contributed by atoms with van der Waals surface area (Å²) >= 11 is 0. The number of hydrogen-bond donors (Lipinski definition) is 1. The molecule has 1 aliphatic carbocycles. The molecule has 3 amide bonds. The highest BCUT2D eigenvalue weighted by atomic mass is 16.6. The number of nitrogens with zero attached hydrogens (tertiary/aromatic N) is 3. The molecule has 0 bridgehead atoms. The summed E-state index contributed by atoms with van der Waals surface area (Å²) in [6, 6.07) is 10.2. The van der Waals surface area contributed by atoms with Gasteiger partial charge in [0.2, 0.25) is 0 Å². The fraction of sp³-hybridized carbons (Fsp3) is 0.652. The fourth-order valence-electron chi connectivity index (χ4n) is 3.06. The highest BCUT2D eigenvalue weighted by molar-refractivity contribution is 5.74. The fourth-order valence-corrected chi connectivity index (χ4v) is 3.06. The molecular formula is C23H38N4O3. The summed E-state index contributed by atoms with van der Waals surface area (Å²) in [4.78, 5) is 30.9. The molecular weight excluding hydrogens is 380 g/mol. The molecule has 1 aliphatic rings. The molecule has 0 aliphatic heterocycles. The third-order valence-electron chi connectivity index (χ3n) is 4.79. The van der Waals surface area contributed by atoms with E-state index in [2.05, 4.69) is 10.2 Å². The van der Waals surface area contributed by atoms with Crippen LogP contribution in [-0.4, -0.2) is 78.7 Å². The van der Waals surface area contributed by atoms with Crippen molar-refractivity contribution in [1.29, 1.82) is 0 Å². The molecule has 1 aromatic rings. The van der Waals surface area contributed by atoms with Crippen LogP contribution in [0.25, 0.3) is 0 Å². The van der Waals surface area contributed by atoms with E-state index in [1.54, 1.807) is 0 Å². The van der Waals surface area contributed by atoms with Gasteiger partial charge in [-0.1, -0.05) is 30.3 Å². The standard InChI is InChI=1S/C23H38N4O3/c1-23(2,3)30-22(29)27(20-12-13-20)15-9-14-24-21(28)26(17-16-25(4)5)18-19-10-7-6-8-11-19/h6-8,10-11,20H,9,12-18H2,1-5H3,(H,24,28). The molecule has 0 saturated heterocycles. The first-order valence-electron chi connectivity index (χ1n) is 10.9. The Morgan fingerprint density at radius 2 is 1.73 bits per heavy atom. The van der Waals surface area contributed by atoms with Gasteiger partial charge in [0, 0.05) is 38.8 Å². The molecule has 7 nitrogen and oxygen atoms in total. The average Bonchev–Trinajstić information content (AvgIpc) is 3.49. The number of carbonyl (C=O) groups excluding carboxylic acids is 2. The van der Waals surface area contributed by atoms with Crippen molar-refractivity contribution in [2.75, 3.05) is 40.3 Å². The van der Waals surface area contributed by atoms with E-state index >= 15 is 0 Å². The lowest BCUT2D eigenvalue weighted by Gasteiger charge is -2.28. The molecule has 0 spiro atoms. The van der Waals surface area contributed by atoms with E-state index in [4.69, 9.17) is 4.74 Å². The molecule has 1 aromatic carbocycles. The molecule has 0 atom stereocenters. The van der Waals surface area contributed by atoms with Crippen LogP contribution in [0, 0.1) is 0 Å². The van der Waals surface area contributed by atoms with Gasteiger partial charge in [0.05, 0.1) is 0 Å². The summed E-state index contributed by atoms with van der Waals surface area (Å²) < 4.78 is 5.53. The Morgan fingerprint density at radius 1 is 1.07 bits per heavy atom. The van der Waals surface area contributed by atoms with Crippen LogP contribution in [-0.2, 0) is 11.3 Å². The Morgan fingerprint density at radius 3 is 2.30 bits per heavy atom. The van der Waals surface area contributed by atoms with Gasteiger partial charge >= 0.3 is 12.1 Å². The number of ether oxygens (including phenoxy) is 1. The van der Waals surface area contributed by atoms with Gasteiger partial charge in [-0.2, -0.15) is 0 Å². The first-order valence-corrected chi connectivity index (χ1v) is 10.9. The molecule has 30 heavy (non-hydrogen) atoms. The molecule has 0 heterocycles. The topological polar surface area (TPSA) is 65.1 Å². The summed E-state index contributed by atoms with van der Waals surface area (Å²) in [6.07, 6.45) is 2.50. The molecule has 0 aromatic heterocycles. The van der Waals surface area contributed by atoms with Crippen molar-refractivity contribution in [2.45, 2.75) is 58.2 Å². The predicted octanol–water partition coefficient (Wildman–Crippen LogP) is 3.55. The van der Waals surface area contributed by atoms with E-state index in [1.165, 1.54) is 0 Å². The van der Waals surface area contributed by atoms with E-state index in [-0.39, 0.29) is 18.2 Å². The van der Waals surface area contributed by atoms with Crippen LogP contribution < -0.4 is 5.32 Å². The molecule has 1 N–H and O–H groups in total. The number of hydrogen-bond acceptors (Lipinski definition) is 4. The average molecular weight is 419 g/mol. The third kappa shape index (κ3) is 9.03. The first-order chi connectivity index (χ1) is 14.2. The van der Waals surface area contributed by atoms with Crippen LogP contribution in [0.1, 0.15) is 45.6 Å². The van der Waals surface area contributed by atoms with Gasteiger partial charge in [-0.3, -0.25) is 0 Å². The van der Waals surface area contributed by atoms with Gasteiger partial charge in [-0.05, 0) is 59.7 Å². The van der Waals surface area contributed by atoms with Crippen molar-refractivity contribution in [3.8, 4) is 0 Å². The maximum atomic E-state index is 12.8. The summed E-state index contributed by atoms with van der Waals surface area (Å²) in [5.41, 5.74) is 0.610. The molecule has 1 fully saturated rings. The Labute approximate surface area is 181 Å². The van der Waals surface area contributed by atoms with Crippen molar-refractivity contribution in [3.63, 3.8) is 0 Å². The molecule has 0 unspecified atom stereocenters. The van der Waals surface area contributed by atoms with Gasteiger partial charge in [0.25, 0.3) is 0 Å². The first kappa shape index (κ1) is 24.0. The van der Waals surface area contributed by atoms with Crippen LogP contribution in [0.4, 0.5) is 9.59 Å². The minimum Gasteiger partial charge on any atom is -0.444 e. The zero-order valence-corrected chi connectivity index (χ0v) is 19.2. The predicted molar refractivity (Wildman–Crippen MR) is 119 cm³/mol. The number of amides is 3. The monoisotopic (exact) mass is 418 g/mol. The van der Waals surface area contributed by atoms with E-state index in [1.807, 2.05) is 75.0 Å². The second-order valence-electron chi connectivity index (χ2n) is 9.20.